The van der Waals surface area contributed by atoms with Crippen molar-refractivity contribution in [2.24, 2.45) is 0 Å². The number of carbonyl (C=O) groups excluding carboxylic acids is 1. The van der Waals surface area contributed by atoms with Gasteiger partial charge in [0.25, 0.3) is 5.91 Å². The van der Waals surface area contributed by atoms with E-state index in [1.165, 1.54) is 12.3 Å². The molecule has 2 heterocycles. The van der Waals surface area contributed by atoms with Gasteiger partial charge < -0.3 is 5.32 Å². The predicted octanol–water partition coefficient (Wildman–Crippen LogP) is 3.01. The molecule has 3 nitrogen and oxygen atoms in total. The number of pyridine rings is 1. The molecule has 1 amide bonds. The third kappa shape index (κ3) is 3.50. The largest absolute Gasteiger partial charge is 0.349 e. The Balaban J connectivity index is 2.05. The van der Waals surface area contributed by atoms with Crippen LogP contribution in [0, 0.1) is 0 Å². The summed E-state index contributed by atoms with van der Waals surface area (Å²) >= 11 is 13.6. The van der Waals surface area contributed by atoms with Gasteiger partial charge in [0.2, 0.25) is 0 Å². The fraction of sp³-hybridized carbons (Fsp3) is 0.455. The lowest BCUT2D eigenvalue weighted by Crippen LogP contribution is -2.37. The number of hydrogen-bond acceptors (Lipinski definition) is 3. The van der Waals surface area contributed by atoms with Crippen LogP contribution < -0.4 is 5.32 Å². The summed E-state index contributed by atoms with van der Waals surface area (Å²) in [5, 5.41) is 3.59. The van der Waals surface area contributed by atoms with E-state index in [1.807, 2.05) is 11.8 Å². The molecule has 1 aliphatic heterocycles. The van der Waals surface area contributed by atoms with Gasteiger partial charge in [-0.05, 0) is 30.4 Å². The van der Waals surface area contributed by atoms with Gasteiger partial charge >= 0.3 is 0 Å². The minimum absolute atomic E-state index is 0.170. The van der Waals surface area contributed by atoms with Crippen molar-refractivity contribution in [2.75, 3.05) is 11.5 Å². The van der Waals surface area contributed by atoms with E-state index in [0.29, 0.717) is 10.6 Å². The molecule has 92 valence electrons. The van der Waals surface area contributed by atoms with Crippen molar-refractivity contribution in [3.05, 3.63) is 28.0 Å². The summed E-state index contributed by atoms with van der Waals surface area (Å²) in [6.07, 6.45) is 3.41. The van der Waals surface area contributed by atoms with E-state index >= 15 is 0 Å². The molecule has 0 aromatic carbocycles. The third-order valence-electron chi connectivity index (χ3n) is 2.62. The lowest BCUT2D eigenvalue weighted by molar-refractivity contribution is 0.0935. The van der Waals surface area contributed by atoms with Gasteiger partial charge in [-0.2, -0.15) is 11.8 Å². The predicted molar refractivity (Wildman–Crippen MR) is 72.1 cm³/mol. The van der Waals surface area contributed by atoms with Crippen LogP contribution in [0.15, 0.2) is 12.3 Å². The van der Waals surface area contributed by atoms with Gasteiger partial charge in [-0.15, -0.1) is 0 Å². The lowest BCUT2D eigenvalue weighted by atomic mass is 10.1. The molecule has 1 aliphatic rings. The Morgan fingerprint density at radius 3 is 2.82 bits per heavy atom. The van der Waals surface area contributed by atoms with E-state index in [2.05, 4.69) is 10.3 Å². The van der Waals surface area contributed by atoms with Crippen LogP contribution in [0.25, 0.3) is 0 Å². The van der Waals surface area contributed by atoms with Crippen LogP contribution in [0.2, 0.25) is 10.2 Å². The average molecular weight is 291 g/mol. The Kier molecular flexibility index (Phi) is 4.54. The minimum Gasteiger partial charge on any atom is -0.349 e. The number of hydrogen-bond donors (Lipinski definition) is 1. The van der Waals surface area contributed by atoms with E-state index in [4.69, 9.17) is 23.2 Å². The first kappa shape index (κ1) is 13.0. The zero-order valence-electron chi connectivity index (χ0n) is 9.08. The van der Waals surface area contributed by atoms with Gasteiger partial charge in [0.05, 0.1) is 10.6 Å². The third-order valence-corrected chi connectivity index (χ3v) is 4.18. The maximum Gasteiger partial charge on any atom is 0.253 e. The standard InChI is InChI=1S/C11H12Cl2N2OS/c12-9-6-14-10(13)5-8(9)11(16)15-7-1-3-17-4-2-7/h5-7H,1-4H2,(H,15,16). The molecule has 0 spiro atoms. The van der Waals surface area contributed by atoms with Crippen molar-refractivity contribution in [1.29, 1.82) is 0 Å². The quantitative estimate of drug-likeness (QED) is 0.852. The number of halogens is 2. The molecular weight excluding hydrogens is 279 g/mol. The van der Waals surface area contributed by atoms with E-state index < -0.39 is 0 Å². The van der Waals surface area contributed by atoms with E-state index in [9.17, 15) is 4.79 Å². The summed E-state index contributed by atoms with van der Waals surface area (Å²) in [7, 11) is 0. The van der Waals surface area contributed by atoms with Crippen molar-refractivity contribution < 1.29 is 4.79 Å². The summed E-state index contributed by atoms with van der Waals surface area (Å²) < 4.78 is 0. The van der Waals surface area contributed by atoms with Crippen molar-refractivity contribution in [3.8, 4) is 0 Å². The zero-order valence-corrected chi connectivity index (χ0v) is 11.4. The number of thioether (sulfide) groups is 1. The smallest absolute Gasteiger partial charge is 0.253 e. The first-order valence-electron chi connectivity index (χ1n) is 5.36. The SMILES string of the molecule is O=C(NC1CCSCC1)c1cc(Cl)ncc1Cl. The Labute approximate surface area is 114 Å². The van der Waals surface area contributed by atoms with Crippen LogP contribution in [-0.4, -0.2) is 28.4 Å². The van der Waals surface area contributed by atoms with Crippen LogP contribution in [0.5, 0.6) is 0 Å². The van der Waals surface area contributed by atoms with Gasteiger partial charge in [0.1, 0.15) is 5.15 Å². The highest BCUT2D eigenvalue weighted by molar-refractivity contribution is 7.99. The Morgan fingerprint density at radius 2 is 2.12 bits per heavy atom. The van der Waals surface area contributed by atoms with Crippen LogP contribution in [0.4, 0.5) is 0 Å². The van der Waals surface area contributed by atoms with Gasteiger partial charge in [-0.1, -0.05) is 23.2 Å². The molecule has 0 unspecified atom stereocenters. The van der Waals surface area contributed by atoms with Crippen molar-refractivity contribution in [2.45, 2.75) is 18.9 Å². The highest BCUT2D eigenvalue weighted by Gasteiger charge is 2.18. The molecule has 1 fully saturated rings. The lowest BCUT2D eigenvalue weighted by Gasteiger charge is -2.22. The van der Waals surface area contributed by atoms with Crippen LogP contribution in [-0.2, 0) is 0 Å². The Bertz CT molecular complexity index is 422. The Hall–Kier alpha value is -0.450. The first-order chi connectivity index (χ1) is 8.16. The number of nitrogens with one attached hydrogen (secondary N) is 1. The molecule has 1 aromatic rings. The molecule has 6 heteroatoms. The average Bonchev–Trinajstić information content (AvgIpc) is 2.33. The first-order valence-corrected chi connectivity index (χ1v) is 7.27. The highest BCUT2D eigenvalue weighted by atomic mass is 35.5. The molecule has 0 bridgehead atoms. The number of aromatic nitrogens is 1. The maximum atomic E-state index is 12.0. The molecule has 0 atom stereocenters. The second kappa shape index (κ2) is 5.94. The molecule has 1 aromatic heterocycles. The molecule has 0 saturated carbocycles. The highest BCUT2D eigenvalue weighted by Crippen LogP contribution is 2.20. The summed E-state index contributed by atoms with van der Waals surface area (Å²) in [6, 6.07) is 1.74. The van der Waals surface area contributed by atoms with Gasteiger partial charge in [0, 0.05) is 12.2 Å². The summed E-state index contributed by atoms with van der Waals surface area (Å²) in [6.45, 7) is 0. The number of nitrogens with zero attached hydrogens (tertiary/aromatic N) is 1. The second-order valence-electron chi connectivity index (χ2n) is 3.85. The van der Waals surface area contributed by atoms with E-state index in [-0.39, 0.29) is 17.1 Å². The number of amides is 1. The monoisotopic (exact) mass is 290 g/mol. The van der Waals surface area contributed by atoms with Crippen molar-refractivity contribution >= 4 is 40.9 Å². The van der Waals surface area contributed by atoms with Gasteiger partial charge in [-0.3, -0.25) is 4.79 Å². The maximum absolute atomic E-state index is 12.0. The molecule has 0 radical (unpaired) electrons. The molecule has 2 rings (SSSR count). The fourth-order valence-electron chi connectivity index (χ4n) is 1.69. The van der Waals surface area contributed by atoms with Gasteiger partial charge in [0.15, 0.2) is 0 Å². The van der Waals surface area contributed by atoms with Crippen molar-refractivity contribution in [1.82, 2.24) is 10.3 Å². The molecule has 1 saturated heterocycles. The molecule has 0 aliphatic carbocycles. The Morgan fingerprint density at radius 1 is 1.41 bits per heavy atom. The summed E-state index contributed by atoms with van der Waals surface area (Å²) in [4.78, 5) is 15.8. The molecule has 17 heavy (non-hydrogen) atoms. The fourth-order valence-corrected chi connectivity index (χ4v) is 3.15. The van der Waals surface area contributed by atoms with Crippen LogP contribution in [0.1, 0.15) is 23.2 Å². The van der Waals surface area contributed by atoms with Crippen molar-refractivity contribution in [3.63, 3.8) is 0 Å². The summed E-state index contributed by atoms with van der Waals surface area (Å²) in [5.41, 5.74) is 0.393. The molecular formula is C11H12Cl2N2OS. The normalized spacial score (nSPS) is 16.8. The van der Waals surface area contributed by atoms with Crippen LogP contribution >= 0.6 is 35.0 Å². The topological polar surface area (TPSA) is 42.0 Å². The van der Waals surface area contributed by atoms with E-state index in [1.54, 1.807) is 0 Å². The second-order valence-corrected chi connectivity index (χ2v) is 5.87. The zero-order chi connectivity index (χ0) is 12.3. The molecule has 1 N–H and O–H groups in total. The number of rotatable bonds is 2. The van der Waals surface area contributed by atoms with E-state index in [0.717, 1.165) is 24.3 Å². The number of carbonyl (C=O) groups is 1. The van der Waals surface area contributed by atoms with Crippen LogP contribution in [0.3, 0.4) is 0 Å². The summed E-state index contributed by atoms with van der Waals surface area (Å²) in [5.74, 6) is 2.02. The minimum atomic E-state index is -0.170. The van der Waals surface area contributed by atoms with Gasteiger partial charge in [-0.25, -0.2) is 4.98 Å².